The van der Waals surface area contributed by atoms with Gasteiger partial charge in [0.2, 0.25) is 0 Å². The minimum Gasteiger partial charge on any atom is -0.508 e. The second-order valence-electron chi connectivity index (χ2n) is 4.08. The van der Waals surface area contributed by atoms with Crippen LogP contribution in [0.25, 0.3) is 0 Å². The Bertz CT molecular complexity index is 459. The molecule has 2 aromatic rings. The zero-order chi connectivity index (χ0) is 13.1. The number of phenolic OH excluding ortho intramolecular Hbond substituents is 2. The Kier molecular flexibility index (Phi) is 3.28. The van der Waals surface area contributed by atoms with E-state index in [2.05, 4.69) is 0 Å². The van der Waals surface area contributed by atoms with Gasteiger partial charge in [0.15, 0.2) is 0 Å². The highest BCUT2D eigenvalue weighted by atomic mass is 16.3. The van der Waals surface area contributed by atoms with Gasteiger partial charge in [0.05, 0.1) is 11.4 Å². The van der Waals surface area contributed by atoms with Crippen molar-refractivity contribution in [2.75, 3.05) is 24.1 Å². The third-order valence-electron chi connectivity index (χ3n) is 2.90. The first-order chi connectivity index (χ1) is 8.58. The van der Waals surface area contributed by atoms with E-state index in [4.69, 9.17) is 0 Å². The Labute approximate surface area is 106 Å². The standard InChI is InChI=1S/C14H16N2O2/c1-15(11-3-7-13(17)8-4-11)16(2)12-5-9-14(18)10-6-12/h3-10,17-18H,1-2H3. The van der Waals surface area contributed by atoms with Crippen LogP contribution in [0.15, 0.2) is 48.5 Å². The second-order valence-corrected chi connectivity index (χ2v) is 4.08. The summed E-state index contributed by atoms with van der Waals surface area (Å²) < 4.78 is 0. The van der Waals surface area contributed by atoms with Crippen LogP contribution in [0, 0.1) is 0 Å². The molecular formula is C14H16N2O2. The van der Waals surface area contributed by atoms with E-state index in [1.165, 1.54) is 0 Å². The van der Waals surface area contributed by atoms with Gasteiger partial charge in [-0.05, 0) is 48.5 Å². The monoisotopic (exact) mass is 244 g/mol. The molecule has 2 rings (SSSR count). The largest absolute Gasteiger partial charge is 0.508 e. The first kappa shape index (κ1) is 12.1. The van der Waals surface area contributed by atoms with E-state index in [1.807, 2.05) is 48.4 Å². The minimum atomic E-state index is 0.249. The van der Waals surface area contributed by atoms with E-state index in [1.54, 1.807) is 24.3 Å². The van der Waals surface area contributed by atoms with Gasteiger partial charge in [0, 0.05) is 14.1 Å². The average Bonchev–Trinajstić information content (AvgIpc) is 2.39. The molecule has 0 aliphatic rings. The van der Waals surface area contributed by atoms with Crippen LogP contribution >= 0.6 is 0 Å². The first-order valence-corrected chi connectivity index (χ1v) is 5.63. The normalized spacial score (nSPS) is 10.1. The van der Waals surface area contributed by atoms with Crippen LogP contribution in [0.4, 0.5) is 11.4 Å². The highest BCUT2D eigenvalue weighted by Gasteiger charge is 2.08. The summed E-state index contributed by atoms with van der Waals surface area (Å²) in [5.74, 6) is 0.499. The molecule has 0 bridgehead atoms. The van der Waals surface area contributed by atoms with Gasteiger partial charge in [0.25, 0.3) is 0 Å². The van der Waals surface area contributed by atoms with Crippen LogP contribution in [0.3, 0.4) is 0 Å². The van der Waals surface area contributed by atoms with Crippen LogP contribution in [0.1, 0.15) is 0 Å². The van der Waals surface area contributed by atoms with Crippen LogP contribution in [0.2, 0.25) is 0 Å². The van der Waals surface area contributed by atoms with Crippen molar-refractivity contribution in [2.45, 2.75) is 0 Å². The number of rotatable bonds is 3. The van der Waals surface area contributed by atoms with E-state index in [9.17, 15) is 10.2 Å². The molecule has 0 unspecified atom stereocenters. The lowest BCUT2D eigenvalue weighted by atomic mass is 10.3. The fourth-order valence-electron chi connectivity index (χ4n) is 1.68. The quantitative estimate of drug-likeness (QED) is 0.815. The number of hydrogen-bond acceptors (Lipinski definition) is 4. The van der Waals surface area contributed by atoms with Crippen molar-refractivity contribution in [3.8, 4) is 11.5 Å². The Hall–Kier alpha value is -2.36. The Morgan fingerprint density at radius 1 is 0.611 bits per heavy atom. The lowest BCUT2D eigenvalue weighted by Crippen LogP contribution is -2.36. The van der Waals surface area contributed by atoms with E-state index < -0.39 is 0 Å². The van der Waals surface area contributed by atoms with E-state index in [0.717, 1.165) is 11.4 Å². The summed E-state index contributed by atoms with van der Waals surface area (Å²) in [5.41, 5.74) is 1.92. The SMILES string of the molecule is CN(c1ccc(O)cc1)N(C)c1ccc(O)cc1. The Morgan fingerprint density at radius 2 is 0.889 bits per heavy atom. The zero-order valence-corrected chi connectivity index (χ0v) is 10.4. The van der Waals surface area contributed by atoms with Crippen LogP contribution in [-0.4, -0.2) is 24.3 Å². The summed E-state index contributed by atoms with van der Waals surface area (Å²) in [6, 6.07) is 14.0. The predicted molar refractivity (Wildman–Crippen MR) is 73.0 cm³/mol. The van der Waals surface area contributed by atoms with Crippen molar-refractivity contribution >= 4 is 11.4 Å². The molecule has 2 aromatic carbocycles. The maximum absolute atomic E-state index is 9.26. The van der Waals surface area contributed by atoms with Crippen molar-refractivity contribution < 1.29 is 10.2 Å². The lowest BCUT2D eigenvalue weighted by molar-refractivity contribution is 0.474. The number of anilines is 2. The average molecular weight is 244 g/mol. The maximum atomic E-state index is 9.26. The molecule has 0 aliphatic heterocycles. The van der Waals surface area contributed by atoms with Gasteiger partial charge < -0.3 is 10.2 Å². The minimum absolute atomic E-state index is 0.249. The molecular weight excluding hydrogens is 228 g/mol. The van der Waals surface area contributed by atoms with Crippen molar-refractivity contribution in [1.82, 2.24) is 0 Å². The van der Waals surface area contributed by atoms with E-state index >= 15 is 0 Å². The van der Waals surface area contributed by atoms with Gasteiger partial charge in [-0.2, -0.15) is 0 Å². The predicted octanol–water partition coefficient (Wildman–Crippen LogP) is 2.59. The molecule has 2 N–H and O–H groups in total. The van der Waals surface area contributed by atoms with Gasteiger partial charge in [-0.1, -0.05) is 0 Å². The molecule has 0 amide bonds. The maximum Gasteiger partial charge on any atom is 0.115 e. The zero-order valence-electron chi connectivity index (χ0n) is 10.4. The molecule has 0 aliphatic carbocycles. The number of phenols is 2. The van der Waals surface area contributed by atoms with Crippen molar-refractivity contribution in [1.29, 1.82) is 0 Å². The Balaban J connectivity index is 2.20. The number of hydrogen-bond donors (Lipinski definition) is 2. The molecule has 0 saturated heterocycles. The molecule has 0 saturated carbocycles. The fourth-order valence-corrected chi connectivity index (χ4v) is 1.68. The summed E-state index contributed by atoms with van der Waals surface area (Å²) in [6.45, 7) is 0. The smallest absolute Gasteiger partial charge is 0.115 e. The first-order valence-electron chi connectivity index (χ1n) is 5.63. The van der Waals surface area contributed by atoms with E-state index in [0.29, 0.717) is 0 Å². The molecule has 0 heterocycles. The molecule has 0 fully saturated rings. The highest BCUT2D eigenvalue weighted by molar-refractivity contribution is 5.57. The van der Waals surface area contributed by atoms with Gasteiger partial charge >= 0.3 is 0 Å². The second kappa shape index (κ2) is 4.87. The third-order valence-corrected chi connectivity index (χ3v) is 2.90. The van der Waals surface area contributed by atoms with E-state index in [-0.39, 0.29) is 11.5 Å². The fraction of sp³-hybridized carbons (Fsp3) is 0.143. The third kappa shape index (κ3) is 2.48. The number of benzene rings is 2. The topological polar surface area (TPSA) is 46.9 Å². The van der Waals surface area contributed by atoms with Gasteiger partial charge in [-0.15, -0.1) is 0 Å². The van der Waals surface area contributed by atoms with Gasteiger partial charge in [-0.3, -0.25) is 10.0 Å². The molecule has 4 heteroatoms. The summed E-state index contributed by atoms with van der Waals surface area (Å²) in [5, 5.41) is 22.4. The molecule has 0 aromatic heterocycles. The van der Waals surface area contributed by atoms with Crippen molar-refractivity contribution in [3.05, 3.63) is 48.5 Å². The molecule has 0 spiro atoms. The summed E-state index contributed by atoms with van der Waals surface area (Å²) >= 11 is 0. The number of hydrazine groups is 1. The van der Waals surface area contributed by atoms with Crippen LogP contribution in [0.5, 0.6) is 11.5 Å². The number of nitrogens with zero attached hydrogens (tertiary/aromatic N) is 2. The molecule has 94 valence electrons. The summed E-state index contributed by atoms with van der Waals surface area (Å²) in [6.07, 6.45) is 0. The summed E-state index contributed by atoms with van der Waals surface area (Å²) in [7, 11) is 3.86. The van der Waals surface area contributed by atoms with Crippen LogP contribution in [-0.2, 0) is 0 Å². The highest BCUT2D eigenvalue weighted by Crippen LogP contribution is 2.23. The lowest BCUT2D eigenvalue weighted by Gasteiger charge is -2.32. The van der Waals surface area contributed by atoms with Crippen molar-refractivity contribution in [3.63, 3.8) is 0 Å². The molecule has 0 radical (unpaired) electrons. The number of aromatic hydroxyl groups is 2. The molecule has 18 heavy (non-hydrogen) atoms. The van der Waals surface area contributed by atoms with Crippen molar-refractivity contribution in [2.24, 2.45) is 0 Å². The van der Waals surface area contributed by atoms with Gasteiger partial charge in [-0.25, -0.2) is 0 Å². The molecule has 4 nitrogen and oxygen atoms in total. The summed E-state index contributed by atoms with van der Waals surface area (Å²) in [4.78, 5) is 0. The Morgan fingerprint density at radius 3 is 1.17 bits per heavy atom. The van der Waals surface area contributed by atoms with Crippen LogP contribution < -0.4 is 10.0 Å². The van der Waals surface area contributed by atoms with Gasteiger partial charge in [0.1, 0.15) is 11.5 Å². The molecule has 0 atom stereocenters.